The Morgan fingerprint density at radius 1 is 1.04 bits per heavy atom. The van der Waals surface area contributed by atoms with Crippen molar-refractivity contribution in [2.75, 3.05) is 18.1 Å². The molecule has 0 radical (unpaired) electrons. The lowest BCUT2D eigenvalue weighted by molar-refractivity contribution is -0.137. The molecular weight excluding hydrogens is 326 g/mol. The molecule has 0 saturated heterocycles. The summed E-state index contributed by atoms with van der Waals surface area (Å²) in [6.45, 7) is 1.76. The Bertz CT molecular complexity index is 681. The Balaban J connectivity index is 1.99. The number of alkyl halides is 3. The zero-order chi connectivity index (χ0) is 17.7. The molecule has 0 heterocycles. The number of ether oxygens (including phenoxy) is 1. The van der Waals surface area contributed by atoms with Crippen LogP contribution in [0.4, 0.5) is 23.2 Å². The third kappa shape index (κ3) is 4.47. The first-order chi connectivity index (χ1) is 11.3. The second-order valence-electron chi connectivity index (χ2n) is 4.93. The van der Waals surface area contributed by atoms with Gasteiger partial charge in [0.1, 0.15) is 11.6 Å². The molecule has 0 aromatic heterocycles. The van der Waals surface area contributed by atoms with E-state index in [1.54, 1.807) is 6.92 Å². The molecule has 24 heavy (non-hydrogen) atoms. The average molecular weight is 341 g/mol. The molecule has 0 saturated carbocycles. The van der Waals surface area contributed by atoms with Crippen molar-refractivity contribution in [3.63, 3.8) is 0 Å². The molecule has 0 spiro atoms. The summed E-state index contributed by atoms with van der Waals surface area (Å²) in [6.07, 6.45) is -4.42. The molecule has 2 aromatic carbocycles. The summed E-state index contributed by atoms with van der Waals surface area (Å²) in [5.74, 6) is -0.640. The fourth-order valence-corrected chi connectivity index (χ4v) is 2.09. The van der Waals surface area contributed by atoms with E-state index < -0.39 is 17.6 Å². The van der Waals surface area contributed by atoms with Crippen LogP contribution in [0.15, 0.2) is 48.5 Å². The second kappa shape index (κ2) is 7.33. The van der Waals surface area contributed by atoms with Gasteiger partial charge in [-0.1, -0.05) is 0 Å². The molecule has 7 heteroatoms. The van der Waals surface area contributed by atoms with Crippen molar-refractivity contribution in [2.45, 2.75) is 13.1 Å². The second-order valence-corrected chi connectivity index (χ2v) is 4.93. The topological polar surface area (TPSA) is 29.5 Å². The highest BCUT2D eigenvalue weighted by Gasteiger charge is 2.30. The first-order valence-corrected chi connectivity index (χ1v) is 7.17. The van der Waals surface area contributed by atoms with E-state index in [2.05, 4.69) is 0 Å². The van der Waals surface area contributed by atoms with Crippen LogP contribution in [-0.2, 0) is 11.0 Å². The number of benzene rings is 2. The SMILES string of the molecule is CCN(C(=O)COc1ccc(C(F)(F)F)cc1)c1ccc(F)cc1. The van der Waals surface area contributed by atoms with Gasteiger partial charge in [0.25, 0.3) is 5.91 Å². The minimum atomic E-state index is -4.42. The molecule has 0 aliphatic heterocycles. The van der Waals surface area contributed by atoms with Crippen LogP contribution in [0.3, 0.4) is 0 Å². The van der Waals surface area contributed by atoms with Gasteiger partial charge >= 0.3 is 6.18 Å². The van der Waals surface area contributed by atoms with Crippen LogP contribution < -0.4 is 9.64 Å². The Kier molecular flexibility index (Phi) is 5.43. The molecule has 2 rings (SSSR count). The van der Waals surface area contributed by atoms with Crippen LogP contribution in [0.25, 0.3) is 0 Å². The highest BCUT2D eigenvalue weighted by molar-refractivity contribution is 5.94. The number of nitrogens with zero attached hydrogens (tertiary/aromatic N) is 1. The van der Waals surface area contributed by atoms with Crippen LogP contribution in [-0.4, -0.2) is 19.1 Å². The summed E-state index contributed by atoms with van der Waals surface area (Å²) in [5.41, 5.74) is -0.275. The molecule has 0 atom stereocenters. The largest absolute Gasteiger partial charge is 0.484 e. The van der Waals surface area contributed by atoms with Gasteiger partial charge in [-0.2, -0.15) is 13.2 Å². The third-order valence-corrected chi connectivity index (χ3v) is 3.30. The molecule has 0 bridgehead atoms. The predicted molar refractivity (Wildman–Crippen MR) is 81.4 cm³/mol. The molecule has 1 amide bonds. The smallest absolute Gasteiger partial charge is 0.416 e. The van der Waals surface area contributed by atoms with Crippen molar-refractivity contribution in [2.24, 2.45) is 0 Å². The van der Waals surface area contributed by atoms with Gasteiger partial charge in [-0.25, -0.2) is 4.39 Å². The van der Waals surface area contributed by atoms with Crippen molar-refractivity contribution in [3.05, 3.63) is 59.9 Å². The maximum absolute atomic E-state index is 12.9. The van der Waals surface area contributed by atoms with E-state index in [0.29, 0.717) is 12.2 Å². The van der Waals surface area contributed by atoms with Gasteiger partial charge < -0.3 is 9.64 Å². The van der Waals surface area contributed by atoms with Gasteiger partial charge in [-0.3, -0.25) is 4.79 Å². The maximum Gasteiger partial charge on any atom is 0.416 e. The zero-order valence-electron chi connectivity index (χ0n) is 12.8. The van der Waals surface area contributed by atoms with Gasteiger partial charge in [0.05, 0.1) is 5.56 Å². The van der Waals surface area contributed by atoms with Crippen molar-refractivity contribution < 1.29 is 27.1 Å². The van der Waals surface area contributed by atoms with E-state index in [9.17, 15) is 22.4 Å². The molecular formula is C17H15F4NO2. The normalized spacial score (nSPS) is 11.2. The van der Waals surface area contributed by atoms with E-state index in [1.807, 2.05) is 0 Å². The first kappa shape index (κ1) is 17.8. The number of carbonyl (C=O) groups is 1. The van der Waals surface area contributed by atoms with Gasteiger partial charge in [-0.05, 0) is 55.5 Å². The van der Waals surface area contributed by atoms with Gasteiger partial charge in [-0.15, -0.1) is 0 Å². The molecule has 0 N–H and O–H groups in total. The summed E-state index contributed by atoms with van der Waals surface area (Å²) in [4.78, 5) is 13.6. The molecule has 2 aromatic rings. The summed E-state index contributed by atoms with van der Waals surface area (Å²) in [6, 6.07) is 9.50. The van der Waals surface area contributed by atoms with Crippen molar-refractivity contribution in [1.29, 1.82) is 0 Å². The molecule has 0 fully saturated rings. The van der Waals surface area contributed by atoms with E-state index in [-0.39, 0.29) is 18.3 Å². The highest BCUT2D eigenvalue weighted by atomic mass is 19.4. The summed E-state index contributed by atoms with van der Waals surface area (Å²) in [5, 5.41) is 0. The van der Waals surface area contributed by atoms with Crippen LogP contribution >= 0.6 is 0 Å². The average Bonchev–Trinajstić information content (AvgIpc) is 2.55. The number of anilines is 1. The number of rotatable bonds is 5. The van der Waals surface area contributed by atoms with Gasteiger partial charge in [0, 0.05) is 12.2 Å². The number of likely N-dealkylation sites (N-methyl/N-ethyl adjacent to an activating group) is 1. The fraction of sp³-hybridized carbons (Fsp3) is 0.235. The summed E-state index contributed by atoms with van der Waals surface area (Å²) in [7, 11) is 0. The summed E-state index contributed by atoms with van der Waals surface area (Å²) >= 11 is 0. The standard InChI is InChI=1S/C17H15F4NO2/c1-2-22(14-7-5-13(18)6-8-14)16(23)11-24-15-9-3-12(4-10-15)17(19,20)21/h3-10H,2,11H2,1H3. The van der Waals surface area contributed by atoms with E-state index >= 15 is 0 Å². The minimum absolute atomic E-state index is 0.159. The van der Waals surface area contributed by atoms with E-state index in [4.69, 9.17) is 4.74 Å². The first-order valence-electron chi connectivity index (χ1n) is 7.17. The van der Waals surface area contributed by atoms with Crippen molar-refractivity contribution >= 4 is 11.6 Å². The van der Waals surface area contributed by atoms with Crippen molar-refractivity contribution in [1.82, 2.24) is 0 Å². The number of amides is 1. The Labute approximate surface area is 136 Å². The Morgan fingerprint density at radius 2 is 1.62 bits per heavy atom. The highest BCUT2D eigenvalue weighted by Crippen LogP contribution is 2.30. The minimum Gasteiger partial charge on any atom is -0.484 e. The van der Waals surface area contributed by atoms with Crippen LogP contribution in [0, 0.1) is 5.82 Å². The number of hydrogen-bond acceptors (Lipinski definition) is 2. The predicted octanol–water partition coefficient (Wildman–Crippen LogP) is 4.28. The Hall–Kier alpha value is -2.57. The lowest BCUT2D eigenvalue weighted by Crippen LogP contribution is -2.34. The van der Waals surface area contributed by atoms with Gasteiger partial charge in [0.15, 0.2) is 6.61 Å². The molecule has 0 aliphatic rings. The molecule has 3 nitrogen and oxygen atoms in total. The number of carbonyl (C=O) groups excluding carboxylic acids is 1. The van der Waals surface area contributed by atoms with Crippen LogP contribution in [0.2, 0.25) is 0 Å². The number of hydrogen-bond donors (Lipinski definition) is 0. The van der Waals surface area contributed by atoms with Crippen LogP contribution in [0.5, 0.6) is 5.75 Å². The maximum atomic E-state index is 12.9. The number of halogens is 4. The van der Waals surface area contributed by atoms with Crippen LogP contribution in [0.1, 0.15) is 12.5 Å². The molecule has 0 aliphatic carbocycles. The quantitative estimate of drug-likeness (QED) is 0.760. The van der Waals surface area contributed by atoms with E-state index in [0.717, 1.165) is 24.3 Å². The fourth-order valence-electron chi connectivity index (χ4n) is 2.09. The monoisotopic (exact) mass is 341 g/mol. The molecule has 0 unspecified atom stereocenters. The third-order valence-electron chi connectivity index (χ3n) is 3.30. The van der Waals surface area contributed by atoms with Gasteiger partial charge in [0.2, 0.25) is 0 Å². The Morgan fingerprint density at radius 3 is 2.12 bits per heavy atom. The van der Waals surface area contributed by atoms with E-state index in [1.165, 1.54) is 29.2 Å². The lowest BCUT2D eigenvalue weighted by atomic mass is 10.2. The summed E-state index contributed by atoms with van der Waals surface area (Å²) < 4.78 is 55.6. The molecule has 128 valence electrons. The lowest BCUT2D eigenvalue weighted by Gasteiger charge is -2.21. The zero-order valence-corrected chi connectivity index (χ0v) is 12.8. The van der Waals surface area contributed by atoms with Crippen molar-refractivity contribution in [3.8, 4) is 5.75 Å².